The number of nitrogens with one attached hydrogen (secondary N) is 3. The molecule has 3 amide bonds. The molecule has 2 unspecified atom stereocenters. The van der Waals surface area contributed by atoms with E-state index in [1.54, 1.807) is 0 Å². The first-order chi connectivity index (χ1) is 14.1. The lowest BCUT2D eigenvalue weighted by Gasteiger charge is -2.23. The van der Waals surface area contributed by atoms with Crippen molar-refractivity contribution in [3.05, 3.63) is 29.8 Å². The average Bonchev–Trinajstić information content (AvgIpc) is 2.69. The molecule has 12 nitrogen and oxygen atoms in total. The predicted molar refractivity (Wildman–Crippen MR) is 102 cm³/mol. The fraction of sp³-hybridized carbons (Fsp3) is 0.389. The van der Waals surface area contributed by atoms with Gasteiger partial charge in [0.2, 0.25) is 17.7 Å². The van der Waals surface area contributed by atoms with Gasteiger partial charge < -0.3 is 37.0 Å². The lowest BCUT2D eigenvalue weighted by Crippen LogP contribution is -2.55. The first-order valence-corrected chi connectivity index (χ1v) is 8.91. The summed E-state index contributed by atoms with van der Waals surface area (Å²) in [5.41, 5.74) is 5.86. The fourth-order valence-electron chi connectivity index (χ4n) is 2.43. The number of carbonyl (C=O) groups excluding carboxylic acids is 3. The van der Waals surface area contributed by atoms with Gasteiger partial charge in [0, 0.05) is 12.8 Å². The molecular formula is C18H24N4O8. The van der Waals surface area contributed by atoms with Crippen LogP contribution in [0, 0.1) is 0 Å². The van der Waals surface area contributed by atoms with Crippen LogP contribution < -0.4 is 21.7 Å². The van der Waals surface area contributed by atoms with E-state index in [9.17, 15) is 29.1 Å². The van der Waals surface area contributed by atoms with Crippen molar-refractivity contribution in [2.45, 2.75) is 31.3 Å². The Labute approximate surface area is 171 Å². The molecule has 0 aliphatic heterocycles. The number of benzene rings is 1. The molecule has 8 N–H and O–H groups in total. The average molecular weight is 424 g/mol. The Bertz CT molecular complexity index is 781. The van der Waals surface area contributed by atoms with E-state index in [4.69, 9.17) is 15.9 Å². The number of carboxylic acid groups (broad SMARTS) is 2. The van der Waals surface area contributed by atoms with Gasteiger partial charge in [0.15, 0.2) is 0 Å². The number of phenols is 1. The zero-order valence-corrected chi connectivity index (χ0v) is 16.0. The van der Waals surface area contributed by atoms with Crippen LogP contribution in [0.4, 0.5) is 0 Å². The van der Waals surface area contributed by atoms with Gasteiger partial charge in [-0.15, -0.1) is 0 Å². The van der Waals surface area contributed by atoms with Crippen LogP contribution in [-0.2, 0) is 30.4 Å². The summed E-state index contributed by atoms with van der Waals surface area (Å²) in [6.45, 7) is -1.10. The molecule has 1 rings (SSSR count). The van der Waals surface area contributed by atoms with Gasteiger partial charge in [-0.2, -0.15) is 0 Å². The maximum absolute atomic E-state index is 12.7. The van der Waals surface area contributed by atoms with Gasteiger partial charge in [0.1, 0.15) is 24.4 Å². The second kappa shape index (κ2) is 12.0. The number of carbonyl (C=O) groups is 5. The molecule has 164 valence electrons. The molecule has 2 atom stereocenters. The van der Waals surface area contributed by atoms with Crippen LogP contribution in [0.1, 0.15) is 18.4 Å². The molecule has 0 saturated heterocycles. The van der Waals surface area contributed by atoms with E-state index in [1.807, 2.05) is 0 Å². The van der Waals surface area contributed by atoms with Crippen LogP contribution in [-0.4, -0.2) is 70.2 Å². The van der Waals surface area contributed by atoms with Crippen molar-refractivity contribution in [1.82, 2.24) is 16.0 Å². The van der Waals surface area contributed by atoms with Crippen molar-refractivity contribution in [3.63, 3.8) is 0 Å². The summed E-state index contributed by atoms with van der Waals surface area (Å²) in [7, 11) is 0. The normalized spacial score (nSPS) is 12.3. The summed E-state index contributed by atoms with van der Waals surface area (Å²) in [6.07, 6.45) is -0.743. The van der Waals surface area contributed by atoms with E-state index in [1.165, 1.54) is 24.3 Å². The third-order valence-electron chi connectivity index (χ3n) is 3.91. The standard InChI is InChI=1S/C18H24N4O8/c19-8-14(24)21-13(7-10-1-3-11(23)4-2-10)18(30)22-12(5-6-15(25)26)17(29)20-9-16(27)28/h1-4,12-13,23H,5-9,19H2,(H,20,29)(H,21,24)(H,22,30)(H,25,26)(H,27,28). The smallest absolute Gasteiger partial charge is 0.322 e. The molecule has 12 heteroatoms. The molecule has 30 heavy (non-hydrogen) atoms. The first-order valence-electron chi connectivity index (χ1n) is 8.91. The highest BCUT2D eigenvalue weighted by atomic mass is 16.4. The molecule has 0 fully saturated rings. The highest BCUT2D eigenvalue weighted by molar-refractivity contribution is 5.93. The van der Waals surface area contributed by atoms with Crippen molar-refractivity contribution in [2.75, 3.05) is 13.1 Å². The van der Waals surface area contributed by atoms with Gasteiger partial charge in [-0.05, 0) is 24.1 Å². The fourth-order valence-corrected chi connectivity index (χ4v) is 2.43. The van der Waals surface area contributed by atoms with Crippen LogP contribution in [0.25, 0.3) is 0 Å². The predicted octanol–water partition coefficient (Wildman–Crippen LogP) is -2.07. The Kier molecular flexibility index (Phi) is 9.76. The molecule has 0 aliphatic rings. The quantitative estimate of drug-likeness (QED) is 0.196. The first kappa shape index (κ1) is 24.4. The second-order valence-electron chi connectivity index (χ2n) is 6.30. The minimum absolute atomic E-state index is 0.000247. The summed E-state index contributed by atoms with van der Waals surface area (Å²) in [4.78, 5) is 58.1. The topological polar surface area (TPSA) is 208 Å². The number of aromatic hydroxyl groups is 1. The molecule has 0 radical (unpaired) electrons. The lowest BCUT2D eigenvalue weighted by molar-refractivity contribution is -0.140. The third kappa shape index (κ3) is 9.01. The van der Waals surface area contributed by atoms with E-state index < -0.39 is 54.7 Å². The van der Waals surface area contributed by atoms with E-state index in [2.05, 4.69) is 16.0 Å². The van der Waals surface area contributed by atoms with E-state index in [-0.39, 0.29) is 25.1 Å². The zero-order chi connectivity index (χ0) is 22.7. The number of hydrogen-bond donors (Lipinski definition) is 7. The largest absolute Gasteiger partial charge is 0.508 e. The highest BCUT2D eigenvalue weighted by Crippen LogP contribution is 2.12. The molecule has 0 spiro atoms. The van der Waals surface area contributed by atoms with Gasteiger partial charge in [0.05, 0.1) is 6.54 Å². The van der Waals surface area contributed by atoms with Crippen LogP contribution in [0.15, 0.2) is 24.3 Å². The zero-order valence-electron chi connectivity index (χ0n) is 16.0. The Morgan fingerprint density at radius 2 is 1.53 bits per heavy atom. The minimum Gasteiger partial charge on any atom is -0.508 e. The summed E-state index contributed by atoms with van der Waals surface area (Å²) in [5.74, 6) is -4.81. The second-order valence-corrected chi connectivity index (χ2v) is 6.30. The van der Waals surface area contributed by atoms with Crippen molar-refractivity contribution >= 4 is 29.7 Å². The number of amides is 3. The van der Waals surface area contributed by atoms with Crippen molar-refractivity contribution in [2.24, 2.45) is 5.73 Å². The Morgan fingerprint density at radius 3 is 2.07 bits per heavy atom. The van der Waals surface area contributed by atoms with Crippen molar-refractivity contribution in [3.8, 4) is 5.75 Å². The molecule has 0 aliphatic carbocycles. The molecule has 0 bridgehead atoms. The van der Waals surface area contributed by atoms with E-state index in [0.29, 0.717) is 5.56 Å². The Balaban J connectivity index is 2.95. The number of rotatable bonds is 12. The van der Waals surface area contributed by atoms with Crippen LogP contribution in [0.2, 0.25) is 0 Å². The van der Waals surface area contributed by atoms with Gasteiger partial charge >= 0.3 is 11.9 Å². The Hall–Kier alpha value is -3.67. The number of aliphatic carboxylic acids is 2. The maximum Gasteiger partial charge on any atom is 0.322 e. The Morgan fingerprint density at radius 1 is 0.900 bits per heavy atom. The number of nitrogens with two attached hydrogens (primary N) is 1. The highest BCUT2D eigenvalue weighted by Gasteiger charge is 2.27. The van der Waals surface area contributed by atoms with Gasteiger partial charge in [-0.1, -0.05) is 12.1 Å². The monoisotopic (exact) mass is 424 g/mol. The van der Waals surface area contributed by atoms with Gasteiger partial charge in [0.25, 0.3) is 0 Å². The van der Waals surface area contributed by atoms with Crippen molar-refractivity contribution < 1.29 is 39.3 Å². The molecule has 0 heterocycles. The SMILES string of the molecule is NCC(=O)NC(Cc1ccc(O)cc1)C(=O)NC(CCC(=O)O)C(=O)NCC(=O)O. The number of phenolic OH excluding ortho intramolecular Hbond substituents is 1. The summed E-state index contributed by atoms with van der Waals surface area (Å²) >= 11 is 0. The minimum atomic E-state index is -1.33. The van der Waals surface area contributed by atoms with Crippen LogP contribution in [0.5, 0.6) is 5.75 Å². The molecular weight excluding hydrogens is 400 g/mol. The van der Waals surface area contributed by atoms with Crippen LogP contribution >= 0.6 is 0 Å². The van der Waals surface area contributed by atoms with Crippen LogP contribution in [0.3, 0.4) is 0 Å². The molecule has 0 aromatic heterocycles. The van der Waals surface area contributed by atoms with E-state index >= 15 is 0 Å². The third-order valence-corrected chi connectivity index (χ3v) is 3.91. The summed E-state index contributed by atoms with van der Waals surface area (Å²) in [5, 5.41) is 33.7. The summed E-state index contributed by atoms with van der Waals surface area (Å²) in [6, 6.07) is 3.38. The van der Waals surface area contributed by atoms with Gasteiger partial charge in [-0.25, -0.2) is 0 Å². The van der Waals surface area contributed by atoms with E-state index in [0.717, 1.165) is 0 Å². The lowest BCUT2D eigenvalue weighted by atomic mass is 10.0. The molecule has 1 aromatic rings. The molecule has 1 aromatic carbocycles. The summed E-state index contributed by atoms with van der Waals surface area (Å²) < 4.78 is 0. The van der Waals surface area contributed by atoms with Gasteiger partial charge in [-0.3, -0.25) is 24.0 Å². The maximum atomic E-state index is 12.7. The number of hydrogen-bond acceptors (Lipinski definition) is 7. The van der Waals surface area contributed by atoms with Crippen molar-refractivity contribution in [1.29, 1.82) is 0 Å². The molecule has 0 saturated carbocycles. The number of carboxylic acids is 2.